The number of aliphatic carboxylic acids is 1. The highest BCUT2D eigenvalue weighted by Crippen LogP contribution is 2.35. The van der Waals surface area contributed by atoms with Gasteiger partial charge in [-0.1, -0.05) is 12.1 Å². The average molecular weight is 516 g/mol. The molecule has 0 heterocycles. The zero-order valence-corrected chi connectivity index (χ0v) is 19.1. The minimum absolute atomic E-state index is 0.288. The van der Waals surface area contributed by atoms with Crippen LogP contribution in [0.1, 0.15) is 24.0 Å². The number of benzene rings is 2. The van der Waals surface area contributed by atoms with Gasteiger partial charge in [0.05, 0.1) is 6.10 Å². The molecule has 2 aromatic carbocycles. The molecule has 0 aromatic heterocycles. The van der Waals surface area contributed by atoms with Crippen molar-refractivity contribution >= 4 is 30.1 Å². The predicted molar refractivity (Wildman–Crippen MR) is 125 cm³/mol. The number of carboxylic acid groups (broad SMARTS) is 1. The molecular formula is C25H24O12. The van der Waals surface area contributed by atoms with Crippen LogP contribution in [0.4, 0.5) is 0 Å². The van der Waals surface area contributed by atoms with Gasteiger partial charge in [-0.05, 0) is 47.5 Å². The molecule has 4 atom stereocenters. The lowest BCUT2D eigenvalue weighted by molar-refractivity contribution is -0.207. The Morgan fingerprint density at radius 1 is 0.784 bits per heavy atom. The first kappa shape index (κ1) is 27.0. The van der Waals surface area contributed by atoms with Gasteiger partial charge in [0.2, 0.25) is 5.60 Å². The summed E-state index contributed by atoms with van der Waals surface area (Å²) in [6.07, 6.45) is -2.09. The van der Waals surface area contributed by atoms with Gasteiger partial charge in [0.1, 0.15) is 12.2 Å². The molecule has 0 bridgehead atoms. The van der Waals surface area contributed by atoms with Crippen LogP contribution in [-0.4, -0.2) is 77.6 Å². The third kappa shape index (κ3) is 6.57. The molecule has 0 saturated heterocycles. The molecule has 0 amide bonds. The van der Waals surface area contributed by atoms with Crippen LogP contribution in [0.5, 0.6) is 23.0 Å². The van der Waals surface area contributed by atoms with E-state index in [1.165, 1.54) is 42.5 Å². The number of rotatable bonds is 7. The fourth-order valence-electron chi connectivity index (χ4n) is 3.68. The van der Waals surface area contributed by atoms with Crippen molar-refractivity contribution in [2.75, 3.05) is 0 Å². The summed E-state index contributed by atoms with van der Waals surface area (Å²) in [7, 11) is 0. The molecule has 1 saturated carbocycles. The summed E-state index contributed by atoms with van der Waals surface area (Å²) in [6, 6.07) is 7.44. The van der Waals surface area contributed by atoms with E-state index in [9.17, 15) is 50.1 Å². The molecule has 1 fully saturated rings. The lowest BCUT2D eigenvalue weighted by Gasteiger charge is -2.41. The van der Waals surface area contributed by atoms with Crippen LogP contribution in [0.3, 0.4) is 0 Å². The number of esters is 2. The molecule has 1 aliphatic carbocycles. The first-order valence-corrected chi connectivity index (χ1v) is 10.8. The number of carbonyl (C=O) groups excluding carboxylic acids is 2. The smallest absolute Gasteiger partial charge is 0.348 e. The molecule has 2 aromatic rings. The minimum atomic E-state index is -2.34. The van der Waals surface area contributed by atoms with Gasteiger partial charge in [-0.2, -0.15) is 0 Å². The molecular weight excluding hydrogens is 492 g/mol. The van der Waals surface area contributed by atoms with Crippen molar-refractivity contribution in [2.45, 2.75) is 36.8 Å². The quantitative estimate of drug-likeness (QED) is 0.156. The van der Waals surface area contributed by atoms with Crippen LogP contribution in [0.25, 0.3) is 12.2 Å². The molecule has 196 valence electrons. The topological polar surface area (TPSA) is 211 Å². The van der Waals surface area contributed by atoms with Crippen molar-refractivity contribution < 1.29 is 59.6 Å². The van der Waals surface area contributed by atoms with E-state index in [0.717, 1.165) is 18.2 Å². The summed E-state index contributed by atoms with van der Waals surface area (Å²) >= 11 is 0. The predicted octanol–water partition coefficient (Wildman–Crippen LogP) is 1.03. The Bertz CT molecular complexity index is 1250. The summed E-state index contributed by atoms with van der Waals surface area (Å²) in [4.78, 5) is 36.7. The number of carboxylic acids is 1. The number of carbonyl (C=O) groups is 3. The van der Waals surface area contributed by atoms with Gasteiger partial charge in [0, 0.05) is 25.0 Å². The minimum Gasteiger partial charge on any atom is -0.504 e. The Morgan fingerprint density at radius 3 is 1.78 bits per heavy atom. The Balaban J connectivity index is 1.73. The van der Waals surface area contributed by atoms with Gasteiger partial charge in [-0.15, -0.1) is 0 Å². The molecule has 0 radical (unpaired) electrons. The second kappa shape index (κ2) is 11.0. The Kier molecular flexibility index (Phi) is 8.05. The number of phenolic OH excluding ortho intramolecular Hbond substituents is 4. The van der Waals surface area contributed by atoms with E-state index < -0.39 is 66.2 Å². The maximum absolute atomic E-state index is 12.4. The van der Waals surface area contributed by atoms with E-state index in [0.29, 0.717) is 5.56 Å². The largest absolute Gasteiger partial charge is 0.504 e. The van der Waals surface area contributed by atoms with E-state index in [4.69, 9.17) is 9.47 Å². The molecule has 3 rings (SSSR count). The molecule has 12 nitrogen and oxygen atoms in total. The van der Waals surface area contributed by atoms with Gasteiger partial charge < -0.3 is 45.2 Å². The number of aromatic hydroxyl groups is 4. The maximum Gasteiger partial charge on any atom is 0.348 e. The molecule has 7 N–H and O–H groups in total. The van der Waals surface area contributed by atoms with Gasteiger partial charge >= 0.3 is 17.9 Å². The van der Waals surface area contributed by atoms with Crippen LogP contribution in [-0.2, 0) is 23.9 Å². The Labute approximate surface area is 209 Å². The maximum atomic E-state index is 12.4. The second-order valence-corrected chi connectivity index (χ2v) is 8.33. The normalized spacial score (nSPS) is 23.7. The van der Waals surface area contributed by atoms with Gasteiger partial charge in [0.15, 0.2) is 23.0 Å². The van der Waals surface area contributed by atoms with Gasteiger partial charge in [-0.3, -0.25) is 0 Å². The number of aliphatic hydroxyl groups is 2. The number of hydrogen-bond donors (Lipinski definition) is 7. The third-order valence-corrected chi connectivity index (χ3v) is 5.62. The van der Waals surface area contributed by atoms with Crippen LogP contribution < -0.4 is 0 Å². The Hall–Kier alpha value is -4.55. The van der Waals surface area contributed by atoms with Crippen LogP contribution in [0.15, 0.2) is 48.6 Å². The number of aliphatic hydroxyl groups excluding tert-OH is 2. The third-order valence-electron chi connectivity index (χ3n) is 5.62. The number of phenols is 4. The standard InChI is InChI=1S/C25H24O12/c26-15-5-1-13(9-17(15)28)3-7-21(31)36-20-12-25(24(34)35,11-19(30)23(20)33)37-22(32)8-4-14-2-6-16(27)18(29)10-14/h1-10,19-20,23,26-30,33H,11-12H2,(H,34,35)/t19-,20-,23+,25-/m0/s1. The highest BCUT2D eigenvalue weighted by Gasteiger charge is 2.54. The summed E-state index contributed by atoms with van der Waals surface area (Å²) in [5.74, 6) is -5.41. The van der Waals surface area contributed by atoms with Gasteiger partial charge in [-0.25, -0.2) is 14.4 Å². The molecule has 0 unspecified atom stereocenters. The highest BCUT2D eigenvalue weighted by molar-refractivity contribution is 5.91. The van der Waals surface area contributed by atoms with Crippen molar-refractivity contribution in [1.82, 2.24) is 0 Å². The summed E-state index contributed by atoms with van der Waals surface area (Å²) in [5.41, 5.74) is -1.73. The lowest BCUT2D eigenvalue weighted by Crippen LogP contribution is -2.58. The number of hydrogen-bond acceptors (Lipinski definition) is 11. The van der Waals surface area contributed by atoms with Crippen LogP contribution in [0.2, 0.25) is 0 Å². The van der Waals surface area contributed by atoms with Crippen molar-refractivity contribution in [3.05, 3.63) is 59.7 Å². The fourth-order valence-corrected chi connectivity index (χ4v) is 3.68. The first-order chi connectivity index (χ1) is 17.4. The van der Waals surface area contributed by atoms with Crippen molar-refractivity contribution in [2.24, 2.45) is 0 Å². The van der Waals surface area contributed by atoms with E-state index in [1.54, 1.807) is 0 Å². The summed E-state index contributed by atoms with van der Waals surface area (Å²) in [5, 5.41) is 68.0. The van der Waals surface area contributed by atoms with E-state index >= 15 is 0 Å². The van der Waals surface area contributed by atoms with Crippen molar-refractivity contribution in [1.29, 1.82) is 0 Å². The summed E-state index contributed by atoms with van der Waals surface area (Å²) < 4.78 is 10.2. The Morgan fingerprint density at radius 2 is 1.30 bits per heavy atom. The van der Waals surface area contributed by atoms with Crippen molar-refractivity contribution in [3.63, 3.8) is 0 Å². The first-order valence-electron chi connectivity index (χ1n) is 10.8. The lowest BCUT2D eigenvalue weighted by atomic mass is 9.79. The molecule has 12 heteroatoms. The fraction of sp³-hybridized carbons (Fsp3) is 0.240. The molecule has 0 aliphatic heterocycles. The van der Waals surface area contributed by atoms with Crippen molar-refractivity contribution in [3.8, 4) is 23.0 Å². The van der Waals surface area contributed by atoms with Crippen LogP contribution >= 0.6 is 0 Å². The average Bonchev–Trinajstić information content (AvgIpc) is 2.83. The van der Waals surface area contributed by atoms with E-state index in [1.807, 2.05) is 0 Å². The zero-order valence-electron chi connectivity index (χ0n) is 19.1. The van der Waals surface area contributed by atoms with Crippen LogP contribution in [0, 0.1) is 0 Å². The monoisotopic (exact) mass is 516 g/mol. The molecule has 0 spiro atoms. The van der Waals surface area contributed by atoms with Gasteiger partial charge in [0.25, 0.3) is 0 Å². The highest BCUT2D eigenvalue weighted by atomic mass is 16.6. The van der Waals surface area contributed by atoms with E-state index in [-0.39, 0.29) is 17.1 Å². The summed E-state index contributed by atoms with van der Waals surface area (Å²) in [6.45, 7) is 0. The second-order valence-electron chi connectivity index (χ2n) is 8.33. The molecule has 1 aliphatic rings. The zero-order chi connectivity index (χ0) is 27.3. The van der Waals surface area contributed by atoms with E-state index in [2.05, 4.69) is 0 Å². The SMILES string of the molecule is O=C(C=Cc1ccc(O)c(O)c1)O[C@H]1C[C@](OC(=O)C=Cc2ccc(O)c(O)c2)(C(=O)O)C[C@H](O)[C@H]1O. The molecule has 37 heavy (non-hydrogen) atoms. The number of ether oxygens (including phenoxy) is 2.